The monoisotopic (exact) mass is 168 g/mol. The Kier molecular flexibility index (Phi) is 2.68. The van der Waals surface area contributed by atoms with Gasteiger partial charge in [0.05, 0.1) is 0 Å². The molecule has 1 nitrogen and oxygen atoms in total. The summed E-state index contributed by atoms with van der Waals surface area (Å²) in [6, 6.07) is 4.53. The summed E-state index contributed by atoms with van der Waals surface area (Å²) in [5.41, 5.74) is 1.14. The maximum absolute atomic E-state index is 11.7. The Labute approximate surface area is 70.8 Å². The zero-order valence-corrected chi connectivity index (χ0v) is 6.55. The van der Waals surface area contributed by atoms with Crippen molar-refractivity contribution in [3.8, 4) is 5.75 Å². The van der Waals surface area contributed by atoms with Crippen molar-refractivity contribution in [3.05, 3.63) is 23.8 Å². The van der Waals surface area contributed by atoms with E-state index in [1.54, 1.807) is 13.0 Å². The van der Waals surface area contributed by atoms with Crippen molar-refractivity contribution in [2.75, 3.05) is 0 Å². The number of alkyl halides is 2. The van der Waals surface area contributed by atoms with E-state index in [0.717, 1.165) is 0 Å². The molecular weight excluding hydrogens is 161 g/mol. The van der Waals surface area contributed by atoms with Crippen LogP contribution in [0.2, 0.25) is 0 Å². The Morgan fingerprint density at radius 1 is 1.42 bits per heavy atom. The van der Waals surface area contributed by atoms with E-state index in [0.29, 0.717) is 11.0 Å². The Balaban J connectivity index is 2.86. The van der Waals surface area contributed by atoms with Gasteiger partial charge in [0.25, 0.3) is 0 Å². The van der Waals surface area contributed by atoms with Crippen LogP contribution < -0.4 is 10.2 Å². The smallest absolute Gasteiger partial charge is 0.387 e. The highest BCUT2D eigenvalue weighted by Crippen LogP contribution is 2.17. The van der Waals surface area contributed by atoms with Crippen LogP contribution in [0.3, 0.4) is 0 Å². The van der Waals surface area contributed by atoms with Gasteiger partial charge in [-0.15, -0.1) is 0 Å². The van der Waals surface area contributed by atoms with E-state index in [4.69, 9.17) is 7.85 Å². The van der Waals surface area contributed by atoms with Crippen molar-refractivity contribution in [1.29, 1.82) is 0 Å². The number of aryl methyl sites for hydroxylation is 1. The van der Waals surface area contributed by atoms with Crippen LogP contribution in [0.1, 0.15) is 5.56 Å². The maximum Gasteiger partial charge on any atom is 0.387 e. The fourth-order valence-corrected chi connectivity index (χ4v) is 0.901. The summed E-state index contributed by atoms with van der Waals surface area (Å²) in [5, 5.41) is 0. The second-order valence-corrected chi connectivity index (χ2v) is 2.40. The number of hydrogen-bond acceptors (Lipinski definition) is 1. The number of halogens is 2. The quantitative estimate of drug-likeness (QED) is 0.606. The van der Waals surface area contributed by atoms with Crippen molar-refractivity contribution in [2.45, 2.75) is 13.5 Å². The molecule has 0 aliphatic heterocycles. The zero-order valence-electron chi connectivity index (χ0n) is 6.55. The van der Waals surface area contributed by atoms with E-state index in [-0.39, 0.29) is 5.75 Å². The maximum atomic E-state index is 11.7. The van der Waals surface area contributed by atoms with E-state index in [2.05, 4.69) is 4.74 Å². The molecule has 0 saturated heterocycles. The summed E-state index contributed by atoms with van der Waals surface area (Å²) < 4.78 is 27.7. The molecule has 1 aromatic rings. The van der Waals surface area contributed by atoms with Crippen molar-refractivity contribution in [3.63, 3.8) is 0 Å². The summed E-state index contributed by atoms with van der Waals surface area (Å²) in [4.78, 5) is 0. The highest BCUT2D eigenvalue weighted by Gasteiger charge is 2.05. The van der Waals surface area contributed by atoms with Gasteiger partial charge in [-0.05, 0) is 18.6 Å². The van der Waals surface area contributed by atoms with Gasteiger partial charge in [0.2, 0.25) is 0 Å². The van der Waals surface area contributed by atoms with Gasteiger partial charge in [-0.25, -0.2) is 0 Å². The molecule has 62 valence electrons. The first-order valence-electron chi connectivity index (χ1n) is 3.40. The van der Waals surface area contributed by atoms with Crippen LogP contribution in [0.4, 0.5) is 8.78 Å². The standard InChI is InChI=1S/C8H7BF2O/c1-5-4-6(9)2-3-7(5)12-8(10)11/h2-4,8H,1H3. The Morgan fingerprint density at radius 2 is 2.08 bits per heavy atom. The average molecular weight is 168 g/mol. The molecule has 1 aromatic carbocycles. The summed E-state index contributed by atoms with van der Waals surface area (Å²) in [6.07, 6.45) is 0. The van der Waals surface area contributed by atoms with Gasteiger partial charge in [-0.3, -0.25) is 0 Å². The molecule has 4 heteroatoms. The number of ether oxygens (including phenoxy) is 1. The molecular formula is C8H7BF2O. The van der Waals surface area contributed by atoms with Crippen molar-refractivity contribution in [1.82, 2.24) is 0 Å². The van der Waals surface area contributed by atoms with Gasteiger partial charge in [0.1, 0.15) is 13.6 Å². The lowest BCUT2D eigenvalue weighted by molar-refractivity contribution is -0.0502. The average Bonchev–Trinajstić information content (AvgIpc) is 1.94. The molecule has 0 N–H and O–H groups in total. The van der Waals surface area contributed by atoms with Crippen LogP contribution in [0.5, 0.6) is 5.75 Å². The lowest BCUT2D eigenvalue weighted by atomic mass is 9.94. The Morgan fingerprint density at radius 3 is 2.58 bits per heavy atom. The molecule has 0 unspecified atom stereocenters. The summed E-state index contributed by atoms with van der Waals surface area (Å²) >= 11 is 0. The minimum atomic E-state index is -2.78. The Hall–Kier alpha value is -1.06. The third-order valence-corrected chi connectivity index (χ3v) is 1.42. The molecule has 1 rings (SSSR count). The van der Waals surface area contributed by atoms with Gasteiger partial charge in [0, 0.05) is 0 Å². The fourth-order valence-electron chi connectivity index (χ4n) is 0.901. The second-order valence-electron chi connectivity index (χ2n) is 2.40. The Bertz CT molecular complexity index is 276. The molecule has 0 aliphatic rings. The number of hydrogen-bond donors (Lipinski definition) is 0. The molecule has 0 amide bonds. The molecule has 0 saturated carbocycles. The van der Waals surface area contributed by atoms with E-state index in [1.807, 2.05) is 0 Å². The molecule has 0 atom stereocenters. The van der Waals surface area contributed by atoms with Crippen LogP contribution in [-0.2, 0) is 0 Å². The van der Waals surface area contributed by atoms with Crippen molar-refractivity contribution < 1.29 is 13.5 Å². The number of benzene rings is 1. The molecule has 0 fully saturated rings. The molecule has 0 aliphatic carbocycles. The van der Waals surface area contributed by atoms with Gasteiger partial charge >= 0.3 is 6.61 Å². The van der Waals surface area contributed by atoms with E-state index in [1.165, 1.54) is 12.1 Å². The largest absolute Gasteiger partial charge is 0.435 e. The summed E-state index contributed by atoms with van der Waals surface area (Å²) in [6.45, 7) is -1.12. The van der Waals surface area contributed by atoms with Gasteiger partial charge in [0.15, 0.2) is 0 Å². The van der Waals surface area contributed by atoms with Gasteiger partial charge in [-0.1, -0.05) is 17.6 Å². The summed E-state index contributed by atoms with van der Waals surface area (Å²) in [5.74, 6) is 0.166. The second kappa shape index (κ2) is 3.56. The predicted octanol–water partition coefficient (Wildman–Crippen LogP) is 1.39. The van der Waals surface area contributed by atoms with Crippen molar-refractivity contribution >= 4 is 13.3 Å². The highest BCUT2D eigenvalue weighted by atomic mass is 19.3. The van der Waals surface area contributed by atoms with Crippen LogP contribution >= 0.6 is 0 Å². The molecule has 0 spiro atoms. The first-order chi connectivity index (χ1) is 5.59. The lowest BCUT2D eigenvalue weighted by Crippen LogP contribution is -2.07. The van der Waals surface area contributed by atoms with Crippen LogP contribution in [-0.4, -0.2) is 14.5 Å². The molecule has 2 radical (unpaired) electrons. The third-order valence-electron chi connectivity index (χ3n) is 1.42. The third kappa shape index (κ3) is 2.22. The van der Waals surface area contributed by atoms with Crippen LogP contribution in [0.25, 0.3) is 0 Å². The number of rotatable bonds is 2. The van der Waals surface area contributed by atoms with Gasteiger partial charge in [-0.2, -0.15) is 8.78 Å². The van der Waals surface area contributed by atoms with E-state index >= 15 is 0 Å². The van der Waals surface area contributed by atoms with Crippen LogP contribution in [0, 0.1) is 6.92 Å². The minimum Gasteiger partial charge on any atom is -0.435 e. The SMILES string of the molecule is [B]c1ccc(OC(F)F)c(C)c1. The van der Waals surface area contributed by atoms with Crippen LogP contribution in [0.15, 0.2) is 18.2 Å². The normalized spacial score (nSPS) is 10.3. The zero-order chi connectivity index (χ0) is 9.14. The molecule has 12 heavy (non-hydrogen) atoms. The van der Waals surface area contributed by atoms with Crippen molar-refractivity contribution in [2.24, 2.45) is 0 Å². The molecule has 0 heterocycles. The lowest BCUT2D eigenvalue weighted by Gasteiger charge is -2.07. The van der Waals surface area contributed by atoms with Gasteiger partial charge < -0.3 is 4.74 Å². The first-order valence-corrected chi connectivity index (χ1v) is 3.40. The molecule has 0 aromatic heterocycles. The van der Waals surface area contributed by atoms with E-state index in [9.17, 15) is 8.78 Å². The van der Waals surface area contributed by atoms with E-state index < -0.39 is 6.61 Å². The topological polar surface area (TPSA) is 9.23 Å². The predicted molar refractivity (Wildman–Crippen MR) is 43.2 cm³/mol. The first kappa shape index (κ1) is 9.04. The minimum absolute atomic E-state index is 0.166. The highest BCUT2D eigenvalue weighted by molar-refractivity contribution is 6.32. The fraction of sp³-hybridized carbons (Fsp3) is 0.250. The molecule has 0 bridgehead atoms. The summed E-state index contributed by atoms with van der Waals surface area (Å²) in [7, 11) is 5.42.